The number of nitrogens with zero attached hydrogens (tertiary/aromatic N) is 1. The lowest BCUT2D eigenvalue weighted by Gasteiger charge is -2.34. The zero-order valence-corrected chi connectivity index (χ0v) is 17.1. The molecule has 1 heterocycles. The first-order valence-corrected chi connectivity index (χ1v) is 10.2. The molecule has 1 atom stereocenters. The fourth-order valence-corrected chi connectivity index (χ4v) is 4.06. The van der Waals surface area contributed by atoms with E-state index in [1.165, 1.54) is 0 Å². The van der Waals surface area contributed by atoms with Crippen LogP contribution in [0.5, 0.6) is 5.75 Å². The number of hydrogen-bond acceptors (Lipinski definition) is 4. The molecule has 0 spiro atoms. The molecule has 2 amide bonds. The third-order valence-corrected chi connectivity index (χ3v) is 5.65. The monoisotopic (exact) mass is 395 g/mol. The van der Waals surface area contributed by atoms with Crippen LogP contribution in [0.1, 0.15) is 54.7 Å². The van der Waals surface area contributed by atoms with Gasteiger partial charge in [0.05, 0.1) is 24.4 Å². The van der Waals surface area contributed by atoms with Crippen LogP contribution in [-0.2, 0) is 4.79 Å². The van der Waals surface area contributed by atoms with Crippen molar-refractivity contribution in [1.29, 1.82) is 0 Å². The maximum atomic E-state index is 13.0. The first-order valence-electron chi connectivity index (χ1n) is 10.2. The van der Waals surface area contributed by atoms with Crippen molar-refractivity contribution in [2.24, 2.45) is 11.8 Å². The Kier molecular flexibility index (Phi) is 7.22. The highest BCUT2D eigenvalue weighted by molar-refractivity contribution is 5.97. The Hall–Kier alpha value is -2.89. The van der Waals surface area contributed by atoms with E-state index in [1.54, 1.807) is 32.4 Å². The van der Waals surface area contributed by atoms with Crippen LogP contribution in [0.15, 0.2) is 48.7 Å². The number of amides is 2. The van der Waals surface area contributed by atoms with Gasteiger partial charge in [-0.3, -0.25) is 14.6 Å². The summed E-state index contributed by atoms with van der Waals surface area (Å²) in [7, 11) is 1.57. The van der Waals surface area contributed by atoms with E-state index >= 15 is 0 Å². The van der Waals surface area contributed by atoms with E-state index in [-0.39, 0.29) is 17.9 Å². The highest BCUT2D eigenvalue weighted by Crippen LogP contribution is 2.36. The van der Waals surface area contributed by atoms with Crippen LogP contribution in [0.25, 0.3) is 0 Å². The average molecular weight is 396 g/mol. The molecule has 1 aromatic carbocycles. The molecule has 154 valence electrons. The van der Waals surface area contributed by atoms with Crippen molar-refractivity contribution in [2.45, 2.75) is 38.6 Å². The highest BCUT2D eigenvalue weighted by atomic mass is 16.5. The van der Waals surface area contributed by atoms with Gasteiger partial charge < -0.3 is 15.4 Å². The second-order valence-electron chi connectivity index (χ2n) is 7.62. The van der Waals surface area contributed by atoms with Gasteiger partial charge in [-0.05, 0) is 61.8 Å². The van der Waals surface area contributed by atoms with Crippen molar-refractivity contribution in [2.75, 3.05) is 13.7 Å². The number of aromatic nitrogens is 1. The van der Waals surface area contributed by atoms with Crippen LogP contribution in [-0.4, -0.2) is 30.5 Å². The zero-order chi connectivity index (χ0) is 20.6. The first-order chi connectivity index (χ1) is 14.1. The summed E-state index contributed by atoms with van der Waals surface area (Å²) in [5.41, 5.74) is 1.40. The Labute approximate surface area is 172 Å². The minimum atomic E-state index is -0.157. The van der Waals surface area contributed by atoms with E-state index in [1.807, 2.05) is 30.3 Å². The second-order valence-corrected chi connectivity index (χ2v) is 7.62. The number of ether oxygens (including phenoxy) is 1. The lowest BCUT2D eigenvalue weighted by Crippen LogP contribution is -2.37. The van der Waals surface area contributed by atoms with Crippen LogP contribution in [0.3, 0.4) is 0 Å². The fraction of sp³-hybridized carbons (Fsp3) is 0.435. The number of rotatable bonds is 7. The number of methoxy groups -OCH3 is 1. The van der Waals surface area contributed by atoms with Gasteiger partial charge in [0.1, 0.15) is 5.75 Å². The SMILES string of the molecule is COc1ccccc1C(=O)N[C@@H](c1ccccn1)C1CCC(CNC(C)=O)CC1. The Morgan fingerprint density at radius 1 is 1.10 bits per heavy atom. The smallest absolute Gasteiger partial charge is 0.255 e. The molecule has 2 N–H and O–H groups in total. The second kappa shape index (κ2) is 10.0. The van der Waals surface area contributed by atoms with E-state index in [2.05, 4.69) is 15.6 Å². The number of carbonyl (C=O) groups excluding carboxylic acids is 2. The number of hydrogen-bond donors (Lipinski definition) is 2. The van der Waals surface area contributed by atoms with E-state index in [9.17, 15) is 9.59 Å². The van der Waals surface area contributed by atoms with Crippen LogP contribution in [0.4, 0.5) is 0 Å². The predicted octanol–water partition coefficient (Wildman–Crippen LogP) is 3.50. The summed E-state index contributed by atoms with van der Waals surface area (Å²) in [6, 6.07) is 12.9. The minimum absolute atomic E-state index is 0.0163. The molecule has 0 aliphatic heterocycles. The minimum Gasteiger partial charge on any atom is -0.496 e. The number of pyridine rings is 1. The van der Waals surface area contributed by atoms with Gasteiger partial charge in [0.25, 0.3) is 5.91 Å². The van der Waals surface area contributed by atoms with Crippen LogP contribution >= 0.6 is 0 Å². The van der Waals surface area contributed by atoms with E-state index < -0.39 is 0 Å². The number of nitrogens with one attached hydrogen (secondary N) is 2. The van der Waals surface area contributed by atoms with Gasteiger partial charge in [0, 0.05) is 19.7 Å². The Bertz CT molecular complexity index is 817. The number of benzene rings is 1. The molecule has 3 rings (SSSR count). The molecule has 1 aromatic heterocycles. The van der Waals surface area contributed by atoms with Crippen molar-refractivity contribution in [3.05, 3.63) is 59.9 Å². The van der Waals surface area contributed by atoms with Gasteiger partial charge >= 0.3 is 0 Å². The predicted molar refractivity (Wildman–Crippen MR) is 112 cm³/mol. The lowest BCUT2D eigenvalue weighted by atomic mass is 9.77. The molecule has 0 bridgehead atoms. The first kappa shape index (κ1) is 20.8. The summed E-state index contributed by atoms with van der Waals surface area (Å²) in [6.45, 7) is 2.28. The van der Waals surface area contributed by atoms with Crippen LogP contribution in [0.2, 0.25) is 0 Å². The van der Waals surface area contributed by atoms with E-state index in [4.69, 9.17) is 4.74 Å². The topological polar surface area (TPSA) is 80.3 Å². The van der Waals surface area contributed by atoms with Crippen molar-refractivity contribution >= 4 is 11.8 Å². The van der Waals surface area contributed by atoms with Gasteiger partial charge in [0.15, 0.2) is 0 Å². The maximum absolute atomic E-state index is 13.0. The van der Waals surface area contributed by atoms with Crippen LogP contribution < -0.4 is 15.4 Å². The third-order valence-electron chi connectivity index (χ3n) is 5.65. The summed E-state index contributed by atoms with van der Waals surface area (Å²) in [4.78, 5) is 28.7. The quantitative estimate of drug-likeness (QED) is 0.752. The lowest BCUT2D eigenvalue weighted by molar-refractivity contribution is -0.119. The van der Waals surface area contributed by atoms with Gasteiger partial charge in [0.2, 0.25) is 5.91 Å². The van der Waals surface area contributed by atoms with Gasteiger partial charge in [-0.2, -0.15) is 0 Å². The van der Waals surface area contributed by atoms with Crippen molar-refractivity contribution in [3.8, 4) is 5.75 Å². The van der Waals surface area contributed by atoms with Gasteiger partial charge in [-0.15, -0.1) is 0 Å². The molecular weight excluding hydrogens is 366 g/mol. The van der Waals surface area contributed by atoms with Crippen molar-refractivity contribution in [1.82, 2.24) is 15.6 Å². The molecule has 1 aliphatic rings. The molecule has 1 aliphatic carbocycles. The Morgan fingerprint density at radius 2 is 1.83 bits per heavy atom. The summed E-state index contributed by atoms with van der Waals surface area (Å²) < 4.78 is 5.35. The average Bonchev–Trinajstić information content (AvgIpc) is 2.77. The largest absolute Gasteiger partial charge is 0.496 e. The van der Waals surface area contributed by atoms with E-state index in [0.29, 0.717) is 23.1 Å². The highest BCUT2D eigenvalue weighted by Gasteiger charge is 2.31. The maximum Gasteiger partial charge on any atom is 0.255 e. The molecule has 2 aromatic rings. The van der Waals surface area contributed by atoms with Crippen molar-refractivity contribution in [3.63, 3.8) is 0 Å². The summed E-state index contributed by atoms with van der Waals surface area (Å²) >= 11 is 0. The summed E-state index contributed by atoms with van der Waals surface area (Å²) in [6.07, 6.45) is 5.78. The normalized spacial score (nSPS) is 19.8. The fourth-order valence-electron chi connectivity index (χ4n) is 4.06. The molecule has 1 saturated carbocycles. The molecule has 6 heteroatoms. The number of para-hydroxylation sites is 1. The Morgan fingerprint density at radius 3 is 2.48 bits per heavy atom. The molecule has 0 unspecified atom stereocenters. The molecule has 1 fully saturated rings. The zero-order valence-electron chi connectivity index (χ0n) is 17.1. The number of carbonyl (C=O) groups is 2. The van der Waals surface area contributed by atoms with Gasteiger partial charge in [-0.1, -0.05) is 18.2 Å². The van der Waals surface area contributed by atoms with Crippen molar-refractivity contribution < 1.29 is 14.3 Å². The summed E-state index contributed by atoms with van der Waals surface area (Å²) in [5, 5.41) is 6.13. The Balaban J connectivity index is 1.73. The molecule has 6 nitrogen and oxygen atoms in total. The molecular formula is C23H29N3O3. The molecule has 29 heavy (non-hydrogen) atoms. The molecule has 0 saturated heterocycles. The van der Waals surface area contributed by atoms with Gasteiger partial charge in [-0.25, -0.2) is 0 Å². The third kappa shape index (κ3) is 5.56. The van der Waals surface area contributed by atoms with Crippen LogP contribution in [0, 0.1) is 11.8 Å². The van der Waals surface area contributed by atoms with E-state index in [0.717, 1.165) is 37.9 Å². The summed E-state index contributed by atoms with van der Waals surface area (Å²) in [5.74, 6) is 1.21. The molecule has 0 radical (unpaired) electrons. The standard InChI is InChI=1S/C23H29N3O3/c1-16(27)25-15-17-10-12-18(13-11-17)22(20-8-5-6-14-24-20)26-23(28)19-7-3-4-9-21(19)29-2/h3-9,14,17-18,22H,10-13,15H2,1-2H3,(H,25,27)(H,26,28)/t17?,18?,22-/m1/s1.